The van der Waals surface area contributed by atoms with Crippen LogP contribution in [0.4, 0.5) is 0 Å². The molecule has 0 aliphatic carbocycles. The summed E-state index contributed by atoms with van der Waals surface area (Å²) in [6, 6.07) is 1.24. The Morgan fingerprint density at radius 2 is 1.69 bits per heavy atom. The first-order valence-electron chi connectivity index (χ1n) is 7.09. The summed E-state index contributed by atoms with van der Waals surface area (Å²) in [5.74, 6) is 0. The molecule has 16 heavy (non-hydrogen) atoms. The number of hydrogen-bond donors (Lipinski definition) is 1. The van der Waals surface area contributed by atoms with Gasteiger partial charge >= 0.3 is 0 Å². The summed E-state index contributed by atoms with van der Waals surface area (Å²) in [5, 5.41) is 0. The van der Waals surface area contributed by atoms with Gasteiger partial charge < -0.3 is 5.73 Å². The van der Waals surface area contributed by atoms with E-state index in [1.807, 2.05) is 0 Å². The van der Waals surface area contributed by atoms with Crippen LogP contribution in [0.5, 0.6) is 0 Å². The van der Waals surface area contributed by atoms with E-state index in [1.165, 1.54) is 44.9 Å². The Balaban J connectivity index is 3.73. The number of unbranched alkanes of at least 4 members (excludes halogenated alkanes) is 4. The molecule has 2 heteroatoms. The van der Waals surface area contributed by atoms with Crippen LogP contribution in [0.3, 0.4) is 0 Å². The third-order valence-electron chi connectivity index (χ3n) is 3.78. The van der Waals surface area contributed by atoms with Gasteiger partial charge in [0.25, 0.3) is 0 Å². The van der Waals surface area contributed by atoms with E-state index in [-0.39, 0.29) is 0 Å². The second-order valence-electron chi connectivity index (χ2n) is 5.02. The lowest BCUT2D eigenvalue weighted by molar-refractivity contribution is 0.172. The average molecular weight is 228 g/mol. The van der Waals surface area contributed by atoms with Crippen molar-refractivity contribution in [2.24, 2.45) is 5.73 Å². The molecule has 0 rings (SSSR count). The summed E-state index contributed by atoms with van der Waals surface area (Å²) >= 11 is 0. The van der Waals surface area contributed by atoms with Gasteiger partial charge in [0.1, 0.15) is 0 Å². The van der Waals surface area contributed by atoms with Crippen molar-refractivity contribution in [3.05, 3.63) is 0 Å². The number of nitrogens with two attached hydrogens (primary N) is 1. The van der Waals surface area contributed by atoms with Gasteiger partial charge in [-0.2, -0.15) is 0 Å². The number of rotatable bonds is 10. The molecule has 0 aromatic rings. The first-order chi connectivity index (χ1) is 7.67. The molecular weight excluding hydrogens is 196 g/mol. The molecule has 0 aliphatic heterocycles. The molecule has 2 N–H and O–H groups in total. The van der Waals surface area contributed by atoms with Crippen LogP contribution in [-0.2, 0) is 0 Å². The highest BCUT2D eigenvalue weighted by atomic mass is 15.2. The molecule has 0 radical (unpaired) electrons. The van der Waals surface area contributed by atoms with Gasteiger partial charge in [-0.3, -0.25) is 4.90 Å². The van der Waals surface area contributed by atoms with Crippen molar-refractivity contribution in [2.45, 2.75) is 77.8 Å². The molecule has 0 aromatic carbocycles. The fraction of sp³-hybridized carbons (Fsp3) is 1.00. The predicted molar refractivity (Wildman–Crippen MR) is 73.7 cm³/mol. The SMILES string of the molecule is CCCCCCCC(CN)N(C)C(C)CC. The molecule has 0 aliphatic rings. The highest BCUT2D eigenvalue weighted by Crippen LogP contribution is 2.13. The third kappa shape index (κ3) is 6.49. The van der Waals surface area contributed by atoms with Crippen molar-refractivity contribution in [3.8, 4) is 0 Å². The summed E-state index contributed by atoms with van der Waals surface area (Å²) in [6.07, 6.45) is 9.29. The van der Waals surface area contributed by atoms with E-state index in [4.69, 9.17) is 5.73 Å². The molecule has 0 heterocycles. The number of hydrogen-bond acceptors (Lipinski definition) is 2. The smallest absolute Gasteiger partial charge is 0.0218 e. The minimum atomic E-state index is 0.580. The maximum Gasteiger partial charge on any atom is 0.0218 e. The van der Waals surface area contributed by atoms with Gasteiger partial charge in [0, 0.05) is 18.6 Å². The molecule has 0 amide bonds. The van der Waals surface area contributed by atoms with Crippen LogP contribution in [0.15, 0.2) is 0 Å². The highest BCUT2D eigenvalue weighted by Gasteiger charge is 2.16. The summed E-state index contributed by atoms with van der Waals surface area (Å²) < 4.78 is 0. The van der Waals surface area contributed by atoms with Crippen LogP contribution in [0.2, 0.25) is 0 Å². The van der Waals surface area contributed by atoms with Crippen LogP contribution in [-0.4, -0.2) is 30.6 Å². The lowest BCUT2D eigenvalue weighted by Crippen LogP contribution is -2.42. The van der Waals surface area contributed by atoms with Crippen molar-refractivity contribution >= 4 is 0 Å². The Kier molecular flexibility index (Phi) is 10.0. The molecule has 0 saturated carbocycles. The summed E-state index contributed by atoms with van der Waals surface area (Å²) in [6.45, 7) is 7.60. The first-order valence-corrected chi connectivity index (χ1v) is 7.09. The van der Waals surface area contributed by atoms with Gasteiger partial charge in [-0.05, 0) is 26.8 Å². The van der Waals surface area contributed by atoms with Crippen LogP contribution in [0.25, 0.3) is 0 Å². The Bertz CT molecular complexity index is 148. The summed E-state index contributed by atoms with van der Waals surface area (Å²) in [4.78, 5) is 2.46. The molecule has 0 aromatic heterocycles. The second-order valence-corrected chi connectivity index (χ2v) is 5.02. The summed E-state index contributed by atoms with van der Waals surface area (Å²) in [7, 11) is 2.22. The molecular formula is C14H32N2. The summed E-state index contributed by atoms with van der Waals surface area (Å²) in [5.41, 5.74) is 5.87. The Labute approximate surface area is 103 Å². The van der Waals surface area contributed by atoms with E-state index < -0.39 is 0 Å². The van der Waals surface area contributed by atoms with E-state index in [9.17, 15) is 0 Å². The van der Waals surface area contributed by atoms with Crippen LogP contribution < -0.4 is 5.73 Å². The second kappa shape index (κ2) is 10.1. The minimum Gasteiger partial charge on any atom is -0.329 e. The zero-order chi connectivity index (χ0) is 12.4. The lowest BCUT2D eigenvalue weighted by Gasteiger charge is -2.32. The van der Waals surface area contributed by atoms with E-state index >= 15 is 0 Å². The Morgan fingerprint density at radius 3 is 2.19 bits per heavy atom. The fourth-order valence-corrected chi connectivity index (χ4v) is 2.12. The van der Waals surface area contributed by atoms with Gasteiger partial charge in [-0.1, -0.05) is 46.0 Å². The fourth-order valence-electron chi connectivity index (χ4n) is 2.12. The van der Waals surface area contributed by atoms with Gasteiger partial charge in [0.05, 0.1) is 0 Å². The van der Waals surface area contributed by atoms with E-state index in [1.54, 1.807) is 0 Å². The maximum atomic E-state index is 5.87. The number of nitrogens with zero attached hydrogens (tertiary/aromatic N) is 1. The zero-order valence-corrected chi connectivity index (χ0v) is 11.8. The van der Waals surface area contributed by atoms with E-state index in [0.717, 1.165) is 6.54 Å². The predicted octanol–water partition coefficient (Wildman–Crippen LogP) is 3.40. The molecule has 0 spiro atoms. The molecule has 0 fully saturated rings. The lowest BCUT2D eigenvalue weighted by atomic mass is 10.0. The standard InChI is InChI=1S/C14H32N2/c1-5-7-8-9-10-11-14(12-15)16(4)13(3)6-2/h13-14H,5-12,15H2,1-4H3. The van der Waals surface area contributed by atoms with Gasteiger partial charge in [-0.25, -0.2) is 0 Å². The molecule has 2 unspecified atom stereocenters. The Hall–Kier alpha value is -0.0800. The normalized spacial score (nSPS) is 15.4. The average Bonchev–Trinajstić information content (AvgIpc) is 2.32. The van der Waals surface area contributed by atoms with E-state index in [0.29, 0.717) is 12.1 Å². The van der Waals surface area contributed by atoms with E-state index in [2.05, 4.69) is 32.7 Å². The van der Waals surface area contributed by atoms with Crippen molar-refractivity contribution < 1.29 is 0 Å². The quantitative estimate of drug-likeness (QED) is 0.581. The maximum absolute atomic E-state index is 5.87. The molecule has 0 bridgehead atoms. The topological polar surface area (TPSA) is 29.3 Å². The van der Waals surface area contributed by atoms with Gasteiger partial charge in [-0.15, -0.1) is 0 Å². The van der Waals surface area contributed by atoms with Crippen molar-refractivity contribution in [1.82, 2.24) is 4.90 Å². The Morgan fingerprint density at radius 1 is 1.06 bits per heavy atom. The van der Waals surface area contributed by atoms with Gasteiger partial charge in [0.15, 0.2) is 0 Å². The van der Waals surface area contributed by atoms with Gasteiger partial charge in [0.2, 0.25) is 0 Å². The number of likely N-dealkylation sites (N-methyl/N-ethyl adjacent to an activating group) is 1. The third-order valence-corrected chi connectivity index (χ3v) is 3.78. The molecule has 0 saturated heterocycles. The molecule has 2 nitrogen and oxygen atoms in total. The molecule has 2 atom stereocenters. The van der Waals surface area contributed by atoms with Crippen LogP contribution in [0, 0.1) is 0 Å². The van der Waals surface area contributed by atoms with Crippen LogP contribution in [0.1, 0.15) is 65.7 Å². The minimum absolute atomic E-state index is 0.580. The first kappa shape index (κ1) is 15.9. The van der Waals surface area contributed by atoms with Crippen molar-refractivity contribution in [2.75, 3.05) is 13.6 Å². The van der Waals surface area contributed by atoms with Crippen molar-refractivity contribution in [1.29, 1.82) is 0 Å². The molecule has 98 valence electrons. The van der Waals surface area contributed by atoms with Crippen LogP contribution >= 0.6 is 0 Å². The zero-order valence-electron chi connectivity index (χ0n) is 11.8. The largest absolute Gasteiger partial charge is 0.329 e. The highest BCUT2D eigenvalue weighted by molar-refractivity contribution is 4.73. The monoisotopic (exact) mass is 228 g/mol. The van der Waals surface area contributed by atoms with Crippen molar-refractivity contribution in [3.63, 3.8) is 0 Å².